The number of carbonyl (C=O) groups excluding carboxylic acids is 1. The number of hydrogen-bond acceptors (Lipinski definition) is 5. The number of carbonyl (C=O) groups is 1. The zero-order valence-corrected chi connectivity index (χ0v) is 15.9. The van der Waals surface area contributed by atoms with Crippen molar-refractivity contribution in [1.82, 2.24) is 5.32 Å². The lowest BCUT2D eigenvalue weighted by atomic mass is 10.0. The summed E-state index contributed by atoms with van der Waals surface area (Å²) < 4.78 is 23.5. The molecule has 2 aromatic rings. The Morgan fingerprint density at radius 3 is 2.71 bits per heavy atom. The van der Waals surface area contributed by atoms with Crippen molar-refractivity contribution < 1.29 is 23.5 Å². The van der Waals surface area contributed by atoms with E-state index in [2.05, 4.69) is 10.5 Å². The molecule has 1 heterocycles. The number of oxime groups is 1. The molecule has 0 saturated carbocycles. The minimum atomic E-state index is -0.262. The molecule has 1 aliphatic rings. The molecule has 0 unspecified atom stereocenters. The average molecular weight is 386 g/mol. The summed E-state index contributed by atoms with van der Waals surface area (Å²) in [5.74, 6) is 0.906. The van der Waals surface area contributed by atoms with Crippen molar-refractivity contribution in [2.24, 2.45) is 5.16 Å². The Balaban J connectivity index is 1.46. The molecule has 0 bridgehead atoms. The van der Waals surface area contributed by atoms with Gasteiger partial charge in [0.2, 0.25) is 5.91 Å². The number of halogens is 1. The average Bonchev–Trinajstić information content (AvgIpc) is 3.15. The number of nitrogens with zero attached hydrogens (tertiary/aromatic N) is 1. The zero-order valence-electron chi connectivity index (χ0n) is 15.9. The Bertz CT molecular complexity index is 852. The van der Waals surface area contributed by atoms with Gasteiger partial charge in [-0.25, -0.2) is 4.39 Å². The minimum Gasteiger partial charge on any atom is -0.497 e. The van der Waals surface area contributed by atoms with Crippen LogP contribution in [0.25, 0.3) is 0 Å². The maximum atomic E-state index is 13.0. The Hall–Kier alpha value is -3.09. The molecule has 0 radical (unpaired) electrons. The SMILES string of the molecule is COc1ccc(OC)c(CC(=O)NC[C@H]2CC(Cc3ccc(F)cc3)=NO2)c1. The Labute approximate surface area is 163 Å². The topological polar surface area (TPSA) is 69.2 Å². The Kier molecular flexibility index (Phi) is 6.47. The molecule has 7 heteroatoms. The molecule has 28 heavy (non-hydrogen) atoms. The fourth-order valence-electron chi connectivity index (χ4n) is 3.02. The van der Waals surface area contributed by atoms with Crippen LogP contribution >= 0.6 is 0 Å². The summed E-state index contributed by atoms with van der Waals surface area (Å²) in [4.78, 5) is 17.7. The number of nitrogens with one attached hydrogen (secondary N) is 1. The lowest BCUT2D eigenvalue weighted by Gasteiger charge is -2.12. The molecule has 0 saturated heterocycles. The largest absolute Gasteiger partial charge is 0.497 e. The van der Waals surface area contributed by atoms with Crippen LogP contribution in [0.4, 0.5) is 4.39 Å². The number of benzene rings is 2. The van der Waals surface area contributed by atoms with Gasteiger partial charge in [0, 0.05) is 18.4 Å². The highest BCUT2D eigenvalue weighted by molar-refractivity contribution is 5.87. The van der Waals surface area contributed by atoms with Crippen LogP contribution in [-0.4, -0.2) is 38.5 Å². The van der Waals surface area contributed by atoms with Gasteiger partial charge in [-0.3, -0.25) is 4.79 Å². The lowest BCUT2D eigenvalue weighted by Crippen LogP contribution is -2.33. The van der Waals surface area contributed by atoms with Crippen molar-refractivity contribution in [3.05, 3.63) is 59.4 Å². The van der Waals surface area contributed by atoms with Crippen LogP contribution in [0.1, 0.15) is 17.5 Å². The highest BCUT2D eigenvalue weighted by Gasteiger charge is 2.22. The van der Waals surface area contributed by atoms with Gasteiger partial charge in [0.1, 0.15) is 23.4 Å². The van der Waals surface area contributed by atoms with E-state index in [0.29, 0.717) is 30.9 Å². The van der Waals surface area contributed by atoms with Crippen LogP contribution < -0.4 is 14.8 Å². The standard InChI is InChI=1S/C21H23FN2O4/c1-26-18-7-8-20(27-2)15(10-18)11-21(25)23-13-19-12-17(24-28-19)9-14-3-5-16(22)6-4-14/h3-8,10,19H,9,11-13H2,1-2H3,(H,23,25)/t19-/m1/s1. The van der Waals surface area contributed by atoms with Gasteiger partial charge in [-0.2, -0.15) is 0 Å². The highest BCUT2D eigenvalue weighted by atomic mass is 19.1. The van der Waals surface area contributed by atoms with E-state index < -0.39 is 0 Å². The normalized spacial score (nSPS) is 15.5. The summed E-state index contributed by atoms with van der Waals surface area (Å²) >= 11 is 0. The fourth-order valence-corrected chi connectivity index (χ4v) is 3.02. The summed E-state index contributed by atoms with van der Waals surface area (Å²) in [7, 11) is 3.14. The van der Waals surface area contributed by atoms with E-state index in [1.54, 1.807) is 44.6 Å². The van der Waals surface area contributed by atoms with Crippen LogP contribution in [0.2, 0.25) is 0 Å². The summed E-state index contributed by atoms with van der Waals surface area (Å²) in [5, 5.41) is 6.95. The van der Waals surface area contributed by atoms with E-state index in [1.165, 1.54) is 12.1 Å². The second-order valence-corrected chi connectivity index (χ2v) is 6.55. The molecule has 0 spiro atoms. The van der Waals surface area contributed by atoms with Crippen molar-refractivity contribution in [3.8, 4) is 11.5 Å². The molecular formula is C21H23FN2O4. The van der Waals surface area contributed by atoms with E-state index in [9.17, 15) is 9.18 Å². The number of hydrogen-bond donors (Lipinski definition) is 1. The Morgan fingerprint density at radius 2 is 2.00 bits per heavy atom. The molecule has 2 aromatic carbocycles. The predicted octanol–water partition coefficient (Wildman–Crippen LogP) is 2.89. The molecule has 0 aliphatic carbocycles. The first kappa shape index (κ1) is 19.7. The third-order valence-electron chi connectivity index (χ3n) is 4.48. The van der Waals surface area contributed by atoms with Crippen molar-refractivity contribution in [2.75, 3.05) is 20.8 Å². The molecule has 148 valence electrons. The molecule has 3 rings (SSSR count). The van der Waals surface area contributed by atoms with Gasteiger partial charge in [-0.1, -0.05) is 17.3 Å². The highest BCUT2D eigenvalue weighted by Crippen LogP contribution is 2.24. The van der Waals surface area contributed by atoms with Crippen molar-refractivity contribution >= 4 is 11.6 Å². The molecule has 1 atom stereocenters. The smallest absolute Gasteiger partial charge is 0.224 e. The molecule has 6 nitrogen and oxygen atoms in total. The molecular weight excluding hydrogens is 363 g/mol. The van der Waals surface area contributed by atoms with Gasteiger partial charge < -0.3 is 19.6 Å². The van der Waals surface area contributed by atoms with E-state index in [0.717, 1.165) is 16.8 Å². The van der Waals surface area contributed by atoms with Gasteiger partial charge in [0.25, 0.3) is 0 Å². The quantitative estimate of drug-likeness (QED) is 0.758. The van der Waals surface area contributed by atoms with Crippen molar-refractivity contribution in [3.63, 3.8) is 0 Å². The summed E-state index contributed by atoms with van der Waals surface area (Å²) in [5.41, 5.74) is 2.60. The number of methoxy groups -OCH3 is 2. The lowest BCUT2D eigenvalue weighted by molar-refractivity contribution is -0.121. The first-order valence-electron chi connectivity index (χ1n) is 9.01. The van der Waals surface area contributed by atoms with Crippen LogP contribution in [0.15, 0.2) is 47.6 Å². The first-order chi connectivity index (χ1) is 13.6. The van der Waals surface area contributed by atoms with E-state index in [-0.39, 0.29) is 24.2 Å². The van der Waals surface area contributed by atoms with Gasteiger partial charge in [-0.05, 0) is 35.9 Å². The van der Waals surface area contributed by atoms with Gasteiger partial charge >= 0.3 is 0 Å². The van der Waals surface area contributed by atoms with E-state index >= 15 is 0 Å². The summed E-state index contributed by atoms with van der Waals surface area (Å²) in [6.07, 6.45) is 1.20. The molecule has 1 amide bonds. The maximum Gasteiger partial charge on any atom is 0.224 e. The third kappa shape index (κ3) is 5.22. The van der Waals surface area contributed by atoms with E-state index in [1.807, 2.05) is 0 Å². The molecule has 1 aliphatic heterocycles. The third-order valence-corrected chi connectivity index (χ3v) is 4.48. The summed E-state index contributed by atoms with van der Waals surface area (Å²) in [6.45, 7) is 0.363. The van der Waals surface area contributed by atoms with Gasteiger partial charge in [0.15, 0.2) is 0 Å². The minimum absolute atomic E-state index is 0.137. The zero-order chi connectivity index (χ0) is 19.9. The van der Waals surface area contributed by atoms with Gasteiger partial charge in [-0.15, -0.1) is 0 Å². The van der Waals surface area contributed by atoms with Gasteiger partial charge in [0.05, 0.1) is 32.9 Å². The van der Waals surface area contributed by atoms with Crippen LogP contribution in [0.5, 0.6) is 11.5 Å². The maximum absolute atomic E-state index is 13.0. The molecule has 1 N–H and O–H groups in total. The second-order valence-electron chi connectivity index (χ2n) is 6.55. The first-order valence-corrected chi connectivity index (χ1v) is 9.01. The summed E-state index contributed by atoms with van der Waals surface area (Å²) in [6, 6.07) is 11.7. The van der Waals surface area contributed by atoms with Crippen LogP contribution in [0.3, 0.4) is 0 Å². The fraction of sp³-hybridized carbons (Fsp3) is 0.333. The number of ether oxygens (including phenoxy) is 2. The monoisotopic (exact) mass is 386 g/mol. The van der Waals surface area contributed by atoms with Crippen LogP contribution in [-0.2, 0) is 22.5 Å². The van der Waals surface area contributed by atoms with E-state index in [4.69, 9.17) is 14.3 Å². The van der Waals surface area contributed by atoms with Crippen molar-refractivity contribution in [2.45, 2.75) is 25.4 Å². The second kappa shape index (κ2) is 9.21. The number of rotatable bonds is 8. The van der Waals surface area contributed by atoms with Crippen molar-refractivity contribution in [1.29, 1.82) is 0 Å². The number of amides is 1. The Morgan fingerprint density at radius 1 is 1.21 bits per heavy atom. The molecule has 0 aromatic heterocycles. The van der Waals surface area contributed by atoms with Crippen LogP contribution in [0, 0.1) is 5.82 Å². The predicted molar refractivity (Wildman–Crippen MR) is 103 cm³/mol. The molecule has 0 fully saturated rings.